The summed E-state index contributed by atoms with van der Waals surface area (Å²) in [7, 11) is 0. The zero-order valence-corrected chi connectivity index (χ0v) is 16.6. The number of anilines is 1. The Hall–Kier alpha value is -3.53. The second kappa shape index (κ2) is 8.65. The third-order valence-electron chi connectivity index (χ3n) is 4.53. The molecular weight excluding hydrogens is 369 g/mol. The molecule has 6 nitrogen and oxygen atoms in total. The second-order valence-electron chi connectivity index (χ2n) is 7.16. The average Bonchev–Trinajstić information content (AvgIpc) is 3.14. The molecule has 0 bridgehead atoms. The van der Waals surface area contributed by atoms with Crippen molar-refractivity contribution in [2.45, 2.75) is 33.2 Å². The predicted octanol–water partition coefficient (Wildman–Crippen LogP) is 4.82. The Labute approximate surface area is 169 Å². The van der Waals surface area contributed by atoms with E-state index in [-0.39, 0.29) is 23.7 Å². The summed E-state index contributed by atoms with van der Waals surface area (Å²) >= 11 is 0. The first-order valence-corrected chi connectivity index (χ1v) is 9.38. The largest absolute Gasteiger partial charge is 0.310 e. The highest BCUT2D eigenvalue weighted by Gasteiger charge is 2.17. The molecule has 0 aliphatic rings. The summed E-state index contributed by atoms with van der Waals surface area (Å²) in [5.41, 5.74) is 3.05. The molecule has 1 atom stereocenters. The van der Waals surface area contributed by atoms with Gasteiger partial charge in [0.25, 0.3) is 0 Å². The smallest absolute Gasteiger partial charge is 0.228 e. The number of halogens is 1. The van der Waals surface area contributed by atoms with E-state index in [9.17, 15) is 9.18 Å². The van der Waals surface area contributed by atoms with Crippen molar-refractivity contribution in [3.8, 4) is 28.5 Å². The summed E-state index contributed by atoms with van der Waals surface area (Å²) < 4.78 is 15.1. The van der Waals surface area contributed by atoms with Crippen LogP contribution in [0.5, 0.6) is 0 Å². The number of rotatable bonds is 6. The van der Waals surface area contributed by atoms with Gasteiger partial charge in [-0.25, -0.2) is 9.37 Å². The molecule has 1 amide bonds. The molecule has 0 aliphatic carbocycles. The molecule has 0 aliphatic heterocycles. The van der Waals surface area contributed by atoms with Crippen LogP contribution in [0.15, 0.2) is 48.8 Å². The maximum absolute atomic E-state index is 13.4. The number of carbonyl (C=O) groups excluding carboxylic acids is 1. The van der Waals surface area contributed by atoms with Crippen LogP contribution >= 0.6 is 0 Å². The molecule has 0 saturated carbocycles. The van der Waals surface area contributed by atoms with E-state index in [4.69, 9.17) is 5.26 Å². The zero-order valence-electron chi connectivity index (χ0n) is 16.6. The number of pyridine rings is 1. The summed E-state index contributed by atoms with van der Waals surface area (Å²) in [4.78, 5) is 16.2. The molecule has 2 heterocycles. The van der Waals surface area contributed by atoms with Crippen molar-refractivity contribution in [3.05, 3.63) is 54.6 Å². The molecule has 0 saturated heterocycles. The van der Waals surface area contributed by atoms with Gasteiger partial charge in [-0.1, -0.05) is 13.8 Å². The summed E-state index contributed by atoms with van der Waals surface area (Å²) in [6, 6.07) is 11.8. The molecule has 0 spiro atoms. The van der Waals surface area contributed by atoms with Crippen molar-refractivity contribution in [1.82, 2.24) is 14.8 Å². The standard InChI is InChI=1S/C22H22FN5O/c1-14(2)22(29)26-20-12-17(9-11-25-20)19-13-28(15(3)8-10-24)27-21(19)16-4-6-18(23)7-5-16/h4-7,9,11-15H,8H2,1-3H3,(H,25,26,29). The van der Waals surface area contributed by atoms with Crippen molar-refractivity contribution in [2.24, 2.45) is 5.92 Å². The number of nitrogens with zero attached hydrogens (tertiary/aromatic N) is 4. The van der Waals surface area contributed by atoms with Crippen LogP contribution < -0.4 is 5.32 Å². The van der Waals surface area contributed by atoms with E-state index in [1.54, 1.807) is 29.1 Å². The van der Waals surface area contributed by atoms with Crippen molar-refractivity contribution in [1.29, 1.82) is 5.26 Å². The first-order valence-electron chi connectivity index (χ1n) is 9.38. The number of nitrogens with one attached hydrogen (secondary N) is 1. The summed E-state index contributed by atoms with van der Waals surface area (Å²) in [5.74, 6) is -0.157. The molecule has 7 heteroatoms. The highest BCUT2D eigenvalue weighted by atomic mass is 19.1. The SMILES string of the molecule is CC(C)C(=O)Nc1cc(-c2cn(C(C)CC#N)nc2-c2ccc(F)cc2)ccn1. The molecule has 3 aromatic rings. The first-order chi connectivity index (χ1) is 13.9. The van der Waals surface area contributed by atoms with Crippen LogP contribution in [-0.4, -0.2) is 20.7 Å². The lowest BCUT2D eigenvalue weighted by Gasteiger charge is -2.08. The van der Waals surface area contributed by atoms with Gasteiger partial charge in [-0.3, -0.25) is 9.48 Å². The molecule has 2 aromatic heterocycles. The van der Waals surface area contributed by atoms with E-state index >= 15 is 0 Å². The Morgan fingerprint density at radius 2 is 1.93 bits per heavy atom. The number of hydrogen-bond donors (Lipinski definition) is 1. The third kappa shape index (κ3) is 4.66. The van der Waals surface area contributed by atoms with Gasteiger partial charge in [0, 0.05) is 29.4 Å². The number of benzene rings is 1. The average molecular weight is 391 g/mol. The van der Waals surface area contributed by atoms with E-state index in [0.717, 1.165) is 16.7 Å². The van der Waals surface area contributed by atoms with Gasteiger partial charge in [0.2, 0.25) is 5.91 Å². The quantitative estimate of drug-likeness (QED) is 0.653. The molecular formula is C22H22FN5O. The fourth-order valence-electron chi connectivity index (χ4n) is 2.81. The minimum Gasteiger partial charge on any atom is -0.310 e. The topological polar surface area (TPSA) is 83.6 Å². The molecule has 1 N–H and O–H groups in total. The monoisotopic (exact) mass is 391 g/mol. The lowest BCUT2D eigenvalue weighted by atomic mass is 10.0. The van der Waals surface area contributed by atoms with Gasteiger partial charge in [-0.2, -0.15) is 10.4 Å². The summed E-state index contributed by atoms with van der Waals surface area (Å²) in [6.45, 7) is 5.54. The van der Waals surface area contributed by atoms with Crippen LogP contribution in [0.25, 0.3) is 22.4 Å². The maximum atomic E-state index is 13.4. The van der Waals surface area contributed by atoms with Crippen LogP contribution in [0.4, 0.5) is 10.2 Å². The second-order valence-corrected chi connectivity index (χ2v) is 7.16. The number of hydrogen-bond acceptors (Lipinski definition) is 4. The van der Waals surface area contributed by atoms with E-state index in [2.05, 4.69) is 21.5 Å². The van der Waals surface area contributed by atoms with Crippen molar-refractivity contribution in [3.63, 3.8) is 0 Å². The Kier molecular flexibility index (Phi) is 6.03. The molecule has 148 valence electrons. The Morgan fingerprint density at radius 3 is 2.59 bits per heavy atom. The van der Waals surface area contributed by atoms with E-state index in [1.807, 2.05) is 33.0 Å². The zero-order chi connectivity index (χ0) is 21.0. The van der Waals surface area contributed by atoms with Crippen molar-refractivity contribution < 1.29 is 9.18 Å². The summed E-state index contributed by atoms with van der Waals surface area (Å²) in [6.07, 6.45) is 3.80. The highest BCUT2D eigenvalue weighted by molar-refractivity contribution is 5.92. The van der Waals surface area contributed by atoms with Crippen LogP contribution in [0.2, 0.25) is 0 Å². The number of carbonyl (C=O) groups is 1. The van der Waals surface area contributed by atoms with Crippen LogP contribution in [0.3, 0.4) is 0 Å². The van der Waals surface area contributed by atoms with E-state index < -0.39 is 0 Å². The van der Waals surface area contributed by atoms with Gasteiger partial charge in [0.05, 0.1) is 18.5 Å². The molecule has 0 radical (unpaired) electrons. The van der Waals surface area contributed by atoms with Crippen molar-refractivity contribution >= 4 is 11.7 Å². The van der Waals surface area contributed by atoms with E-state index in [0.29, 0.717) is 17.9 Å². The van der Waals surface area contributed by atoms with Gasteiger partial charge >= 0.3 is 0 Å². The lowest BCUT2D eigenvalue weighted by Crippen LogP contribution is -2.18. The van der Waals surface area contributed by atoms with Crippen LogP contribution in [0, 0.1) is 23.1 Å². The van der Waals surface area contributed by atoms with Crippen LogP contribution in [0.1, 0.15) is 33.2 Å². The fourth-order valence-corrected chi connectivity index (χ4v) is 2.81. The normalized spacial score (nSPS) is 11.9. The molecule has 3 rings (SSSR count). The van der Waals surface area contributed by atoms with Gasteiger partial charge in [-0.05, 0) is 48.9 Å². The third-order valence-corrected chi connectivity index (χ3v) is 4.53. The molecule has 0 fully saturated rings. The molecule has 1 unspecified atom stereocenters. The van der Waals surface area contributed by atoms with Gasteiger partial charge in [-0.15, -0.1) is 0 Å². The maximum Gasteiger partial charge on any atom is 0.228 e. The lowest BCUT2D eigenvalue weighted by molar-refractivity contribution is -0.118. The molecule has 1 aromatic carbocycles. The summed E-state index contributed by atoms with van der Waals surface area (Å²) in [5, 5.41) is 16.5. The number of aromatic nitrogens is 3. The van der Waals surface area contributed by atoms with Crippen LogP contribution in [-0.2, 0) is 4.79 Å². The fraction of sp³-hybridized carbons (Fsp3) is 0.273. The Balaban J connectivity index is 2.06. The number of nitriles is 1. The minimum atomic E-state index is -0.324. The first kappa shape index (κ1) is 20.2. The van der Waals surface area contributed by atoms with Crippen molar-refractivity contribution in [2.75, 3.05) is 5.32 Å². The van der Waals surface area contributed by atoms with Gasteiger partial charge < -0.3 is 5.32 Å². The predicted molar refractivity (Wildman–Crippen MR) is 109 cm³/mol. The van der Waals surface area contributed by atoms with Gasteiger partial charge in [0.1, 0.15) is 17.3 Å². The van der Waals surface area contributed by atoms with Gasteiger partial charge in [0.15, 0.2) is 0 Å². The minimum absolute atomic E-state index is 0.116. The molecule has 29 heavy (non-hydrogen) atoms. The Bertz CT molecular complexity index is 1050. The number of amides is 1. The van der Waals surface area contributed by atoms with E-state index in [1.165, 1.54) is 12.1 Å². The Morgan fingerprint density at radius 1 is 1.21 bits per heavy atom. The highest BCUT2D eigenvalue weighted by Crippen LogP contribution is 2.33.